The van der Waals surface area contributed by atoms with Crippen LogP contribution in [0.3, 0.4) is 0 Å². The Hall–Kier alpha value is -3.48. The first kappa shape index (κ1) is 20.8. The zero-order valence-electron chi connectivity index (χ0n) is 17.6. The van der Waals surface area contributed by atoms with E-state index in [-0.39, 0.29) is 17.8 Å². The number of rotatable bonds is 3. The zero-order valence-corrected chi connectivity index (χ0v) is 17.6. The number of halogens is 1. The number of carbonyl (C=O) groups excluding carboxylic acids is 2. The zero-order chi connectivity index (χ0) is 22.0. The van der Waals surface area contributed by atoms with Crippen LogP contribution >= 0.6 is 0 Å². The number of hydrogen-bond acceptors (Lipinski definition) is 4. The van der Waals surface area contributed by atoms with Crippen LogP contribution < -0.4 is 0 Å². The van der Waals surface area contributed by atoms with E-state index >= 15 is 0 Å². The number of benzene rings is 2. The van der Waals surface area contributed by atoms with Crippen molar-refractivity contribution >= 4 is 22.9 Å². The first-order chi connectivity index (χ1) is 15.0. The Kier molecular flexibility index (Phi) is 5.84. The van der Waals surface area contributed by atoms with E-state index in [0.717, 1.165) is 16.5 Å². The van der Waals surface area contributed by atoms with Gasteiger partial charge in [0, 0.05) is 37.1 Å². The average molecular weight is 421 g/mol. The largest absolute Gasteiger partial charge is 0.450 e. The maximum absolute atomic E-state index is 13.5. The molecule has 0 spiro atoms. The predicted molar refractivity (Wildman–Crippen MR) is 116 cm³/mol. The molecule has 31 heavy (non-hydrogen) atoms. The Morgan fingerprint density at radius 3 is 2.35 bits per heavy atom. The van der Waals surface area contributed by atoms with E-state index in [1.807, 2.05) is 25.1 Å². The number of fused-ring (bicyclic) bond motifs is 1. The topological polar surface area (TPSA) is 62.7 Å². The highest BCUT2D eigenvalue weighted by Gasteiger charge is 2.27. The summed E-state index contributed by atoms with van der Waals surface area (Å²) in [6.07, 6.45) is -0.349. The number of aryl methyl sites for hydroxylation is 1. The predicted octanol–water partition coefficient (Wildman–Crippen LogP) is 4.26. The summed E-state index contributed by atoms with van der Waals surface area (Å²) in [7, 11) is 0. The van der Waals surface area contributed by atoms with Crippen LogP contribution in [0, 0.1) is 12.7 Å². The molecular weight excluding hydrogens is 397 g/mol. The molecule has 1 fully saturated rings. The van der Waals surface area contributed by atoms with Crippen molar-refractivity contribution in [2.75, 3.05) is 32.8 Å². The van der Waals surface area contributed by atoms with Gasteiger partial charge in [0.2, 0.25) is 0 Å². The summed E-state index contributed by atoms with van der Waals surface area (Å²) in [5.74, 6) is -0.430. The minimum atomic E-state index is -0.349. The molecule has 1 aliphatic heterocycles. The van der Waals surface area contributed by atoms with Crippen molar-refractivity contribution in [3.8, 4) is 11.3 Å². The van der Waals surface area contributed by atoms with E-state index < -0.39 is 0 Å². The molecule has 0 N–H and O–H groups in total. The van der Waals surface area contributed by atoms with Gasteiger partial charge in [-0.05, 0) is 56.3 Å². The van der Waals surface area contributed by atoms with Gasteiger partial charge in [0.15, 0.2) is 0 Å². The van der Waals surface area contributed by atoms with Gasteiger partial charge in [-0.1, -0.05) is 11.6 Å². The van der Waals surface area contributed by atoms with Crippen molar-refractivity contribution in [1.29, 1.82) is 0 Å². The SMILES string of the molecule is CCOC(=O)N1CCN(C(=O)c2cc(-c3ccc(F)cc3)nc3ccc(C)cc23)CC1. The van der Waals surface area contributed by atoms with Crippen molar-refractivity contribution in [1.82, 2.24) is 14.8 Å². The second-order valence-electron chi connectivity index (χ2n) is 7.56. The van der Waals surface area contributed by atoms with E-state index in [1.165, 1.54) is 12.1 Å². The molecule has 0 radical (unpaired) electrons. The lowest BCUT2D eigenvalue weighted by atomic mass is 10.0. The fourth-order valence-corrected chi connectivity index (χ4v) is 3.76. The molecule has 1 saturated heterocycles. The van der Waals surface area contributed by atoms with Crippen molar-refractivity contribution in [3.05, 3.63) is 65.5 Å². The molecule has 0 saturated carbocycles. The summed E-state index contributed by atoms with van der Waals surface area (Å²) in [5.41, 5.74) is 3.65. The molecule has 3 aromatic rings. The van der Waals surface area contributed by atoms with Crippen LogP contribution in [-0.4, -0.2) is 59.6 Å². The third-order valence-corrected chi connectivity index (χ3v) is 5.43. The van der Waals surface area contributed by atoms with E-state index in [9.17, 15) is 14.0 Å². The average Bonchev–Trinajstić information content (AvgIpc) is 2.79. The first-order valence-electron chi connectivity index (χ1n) is 10.3. The Morgan fingerprint density at radius 1 is 1.00 bits per heavy atom. The van der Waals surface area contributed by atoms with E-state index in [4.69, 9.17) is 9.72 Å². The molecule has 4 rings (SSSR count). The number of hydrogen-bond donors (Lipinski definition) is 0. The maximum atomic E-state index is 13.5. The van der Waals surface area contributed by atoms with Gasteiger partial charge in [-0.25, -0.2) is 14.2 Å². The number of nitrogens with zero attached hydrogens (tertiary/aromatic N) is 3. The van der Waals surface area contributed by atoms with Gasteiger partial charge >= 0.3 is 6.09 Å². The van der Waals surface area contributed by atoms with E-state index in [0.29, 0.717) is 49.6 Å². The molecule has 0 unspecified atom stereocenters. The molecule has 0 aliphatic carbocycles. The van der Waals surface area contributed by atoms with Gasteiger partial charge in [-0.2, -0.15) is 0 Å². The minimum Gasteiger partial charge on any atom is -0.450 e. The lowest BCUT2D eigenvalue weighted by Crippen LogP contribution is -2.50. The molecule has 0 bridgehead atoms. The molecule has 2 amide bonds. The first-order valence-corrected chi connectivity index (χ1v) is 10.3. The number of pyridine rings is 1. The Bertz CT molecular complexity index is 1120. The number of ether oxygens (including phenoxy) is 1. The van der Waals surface area contributed by atoms with Crippen LogP contribution in [0.15, 0.2) is 48.5 Å². The smallest absolute Gasteiger partial charge is 0.409 e. The van der Waals surface area contributed by atoms with Crippen LogP contribution in [0.25, 0.3) is 22.2 Å². The molecule has 1 aliphatic rings. The Labute approximate surface area is 180 Å². The Balaban J connectivity index is 1.67. The third-order valence-electron chi connectivity index (χ3n) is 5.43. The second-order valence-corrected chi connectivity index (χ2v) is 7.56. The standard InChI is InChI=1S/C24H24FN3O3/c1-3-31-24(30)28-12-10-27(11-13-28)23(29)20-15-22(17-5-7-18(25)8-6-17)26-21-9-4-16(2)14-19(20)21/h4-9,14-15H,3,10-13H2,1-2H3. The number of piperazine rings is 1. The summed E-state index contributed by atoms with van der Waals surface area (Å²) in [4.78, 5) is 33.5. The Morgan fingerprint density at radius 2 is 1.68 bits per heavy atom. The van der Waals surface area contributed by atoms with Crippen molar-refractivity contribution in [2.45, 2.75) is 13.8 Å². The summed E-state index contributed by atoms with van der Waals surface area (Å²) in [6.45, 7) is 5.78. The van der Waals surface area contributed by atoms with Gasteiger partial charge in [-0.15, -0.1) is 0 Å². The van der Waals surface area contributed by atoms with Crippen molar-refractivity contribution < 1.29 is 18.7 Å². The normalized spacial score (nSPS) is 14.0. The van der Waals surface area contributed by atoms with Crippen LogP contribution in [0.2, 0.25) is 0 Å². The molecular formula is C24H24FN3O3. The maximum Gasteiger partial charge on any atom is 0.409 e. The summed E-state index contributed by atoms with van der Waals surface area (Å²) >= 11 is 0. The van der Waals surface area contributed by atoms with Crippen LogP contribution in [-0.2, 0) is 4.74 Å². The third kappa shape index (κ3) is 4.35. The van der Waals surface area contributed by atoms with Crippen LogP contribution in [0.5, 0.6) is 0 Å². The minimum absolute atomic E-state index is 0.107. The lowest BCUT2D eigenvalue weighted by molar-refractivity contribution is 0.0572. The highest BCUT2D eigenvalue weighted by molar-refractivity contribution is 6.07. The van der Waals surface area contributed by atoms with Gasteiger partial charge < -0.3 is 14.5 Å². The summed E-state index contributed by atoms with van der Waals surface area (Å²) < 4.78 is 18.4. The van der Waals surface area contributed by atoms with Crippen LogP contribution in [0.4, 0.5) is 9.18 Å². The molecule has 2 aromatic carbocycles. The number of carbonyl (C=O) groups is 2. The highest BCUT2D eigenvalue weighted by Crippen LogP contribution is 2.27. The van der Waals surface area contributed by atoms with E-state index in [1.54, 1.807) is 34.9 Å². The monoisotopic (exact) mass is 421 g/mol. The molecule has 1 aromatic heterocycles. The molecule has 6 nitrogen and oxygen atoms in total. The quantitative estimate of drug-likeness (QED) is 0.634. The highest BCUT2D eigenvalue weighted by atomic mass is 19.1. The summed E-state index contributed by atoms with van der Waals surface area (Å²) in [5, 5.41) is 0.781. The van der Waals surface area contributed by atoms with Gasteiger partial charge in [0.1, 0.15) is 5.82 Å². The molecule has 160 valence electrons. The van der Waals surface area contributed by atoms with Crippen LogP contribution in [0.1, 0.15) is 22.8 Å². The lowest BCUT2D eigenvalue weighted by Gasteiger charge is -2.34. The van der Waals surface area contributed by atoms with E-state index in [2.05, 4.69) is 0 Å². The number of aromatic nitrogens is 1. The number of amides is 2. The van der Waals surface area contributed by atoms with Crippen molar-refractivity contribution in [3.63, 3.8) is 0 Å². The summed E-state index contributed by atoms with van der Waals surface area (Å²) in [6, 6.07) is 13.7. The fourth-order valence-electron chi connectivity index (χ4n) is 3.76. The molecule has 2 heterocycles. The van der Waals surface area contributed by atoms with Gasteiger partial charge in [-0.3, -0.25) is 4.79 Å². The van der Waals surface area contributed by atoms with Gasteiger partial charge in [0.25, 0.3) is 5.91 Å². The van der Waals surface area contributed by atoms with Gasteiger partial charge in [0.05, 0.1) is 23.4 Å². The fraction of sp³-hybridized carbons (Fsp3) is 0.292. The molecule has 7 heteroatoms. The molecule has 0 atom stereocenters. The second kappa shape index (κ2) is 8.71. The van der Waals surface area contributed by atoms with Crippen molar-refractivity contribution in [2.24, 2.45) is 0 Å².